The Morgan fingerprint density at radius 3 is 2.32 bits per heavy atom. The number of carbonyl (C=O) groups is 1. The molecule has 1 heterocycles. The van der Waals surface area contributed by atoms with E-state index in [9.17, 15) is 13.2 Å². The molecule has 1 aromatic heterocycles. The fourth-order valence-corrected chi connectivity index (χ4v) is 5.17. The van der Waals surface area contributed by atoms with Crippen LogP contribution in [-0.2, 0) is 27.9 Å². The van der Waals surface area contributed by atoms with Crippen LogP contribution in [0.15, 0.2) is 88.2 Å². The molecule has 4 aromatic rings. The van der Waals surface area contributed by atoms with Crippen molar-refractivity contribution in [2.24, 2.45) is 0 Å². The maximum Gasteiger partial charge on any atom is 0.338 e. The van der Waals surface area contributed by atoms with Crippen LogP contribution >= 0.6 is 11.6 Å². The quantitative estimate of drug-likeness (QED) is 0.322. The molecule has 0 saturated carbocycles. The fourth-order valence-electron chi connectivity index (χ4n) is 3.21. The topological polar surface area (TPSA) is 103 Å². The van der Waals surface area contributed by atoms with Crippen molar-refractivity contribution >= 4 is 33.3 Å². The molecular weight excluding hydrogens is 478 g/mol. The van der Waals surface area contributed by atoms with Crippen molar-refractivity contribution in [3.63, 3.8) is 0 Å². The van der Waals surface area contributed by atoms with Gasteiger partial charge in [0.1, 0.15) is 4.90 Å². The summed E-state index contributed by atoms with van der Waals surface area (Å²) in [5.41, 5.74) is 1.27. The highest BCUT2D eigenvalue weighted by molar-refractivity contribution is 7.93. The number of aromatic nitrogens is 2. The van der Waals surface area contributed by atoms with Crippen molar-refractivity contribution in [2.45, 2.75) is 25.0 Å². The van der Waals surface area contributed by atoms with Crippen LogP contribution in [-0.4, -0.2) is 24.6 Å². The molecule has 3 aromatic carbocycles. The molecule has 0 aliphatic carbocycles. The van der Waals surface area contributed by atoms with Crippen molar-refractivity contribution in [1.82, 2.24) is 10.2 Å². The molecule has 0 N–H and O–H groups in total. The number of rotatable bonds is 8. The number of nitrogens with zero attached hydrogens (tertiary/aromatic N) is 3. The lowest BCUT2D eigenvalue weighted by Crippen LogP contribution is -2.31. The number of para-hydroxylation sites is 1. The first kappa shape index (κ1) is 23.5. The number of esters is 1. The molecule has 0 aliphatic rings. The van der Waals surface area contributed by atoms with Gasteiger partial charge in [-0.2, -0.15) is 0 Å². The maximum absolute atomic E-state index is 13.8. The Morgan fingerprint density at radius 1 is 1.00 bits per heavy atom. The van der Waals surface area contributed by atoms with Crippen LogP contribution in [0.2, 0.25) is 5.02 Å². The maximum atomic E-state index is 13.8. The van der Waals surface area contributed by atoms with E-state index in [0.29, 0.717) is 11.6 Å². The summed E-state index contributed by atoms with van der Waals surface area (Å²) in [6.07, 6.45) is 0. The van der Waals surface area contributed by atoms with E-state index in [1.807, 2.05) is 30.3 Å². The molecule has 8 nitrogen and oxygen atoms in total. The third kappa shape index (κ3) is 5.27. The fraction of sp³-hybridized carbons (Fsp3) is 0.125. The Bertz CT molecular complexity index is 1390. The number of anilines is 1. The normalized spacial score (nSPS) is 11.2. The smallest absolute Gasteiger partial charge is 0.338 e. The highest BCUT2D eigenvalue weighted by atomic mass is 35.5. The number of carbonyl (C=O) groups excluding carboxylic acids is 1. The van der Waals surface area contributed by atoms with Crippen LogP contribution in [0.1, 0.15) is 27.7 Å². The zero-order chi connectivity index (χ0) is 24.1. The highest BCUT2D eigenvalue weighted by Gasteiger charge is 2.29. The third-order valence-corrected chi connectivity index (χ3v) is 7.10. The Morgan fingerprint density at radius 2 is 1.68 bits per heavy atom. The molecule has 0 fully saturated rings. The molecule has 0 radical (unpaired) electrons. The van der Waals surface area contributed by atoms with Gasteiger partial charge in [-0.25, -0.2) is 13.2 Å². The Hall–Kier alpha value is -3.69. The second-order valence-corrected chi connectivity index (χ2v) is 9.51. The molecule has 0 spiro atoms. The SMILES string of the molecule is Cc1nnc(COC(=O)c2ccc(Cl)c(S(=O)(=O)N(Cc3ccccc3)c3ccccc3)c2)o1. The van der Waals surface area contributed by atoms with Crippen LogP contribution in [0.3, 0.4) is 0 Å². The van der Waals surface area contributed by atoms with Crippen molar-refractivity contribution in [3.8, 4) is 0 Å². The highest BCUT2D eigenvalue weighted by Crippen LogP contribution is 2.31. The minimum atomic E-state index is -4.15. The Labute approximate surface area is 201 Å². The van der Waals surface area contributed by atoms with Gasteiger partial charge in [-0.3, -0.25) is 4.31 Å². The largest absolute Gasteiger partial charge is 0.452 e. The summed E-state index contributed by atoms with van der Waals surface area (Å²) in [4.78, 5) is 12.4. The van der Waals surface area contributed by atoms with E-state index in [4.69, 9.17) is 20.8 Å². The van der Waals surface area contributed by atoms with Crippen molar-refractivity contribution in [3.05, 3.63) is 107 Å². The molecular formula is C24H20ClN3O5S. The lowest BCUT2D eigenvalue weighted by atomic mass is 10.2. The molecule has 0 atom stereocenters. The predicted molar refractivity (Wildman–Crippen MR) is 126 cm³/mol. The summed E-state index contributed by atoms with van der Waals surface area (Å²) in [6.45, 7) is 1.45. The molecule has 34 heavy (non-hydrogen) atoms. The Kier molecular flexibility index (Phi) is 6.95. The van der Waals surface area contributed by atoms with Gasteiger partial charge in [0.25, 0.3) is 15.9 Å². The summed E-state index contributed by atoms with van der Waals surface area (Å²) in [5.74, 6) is -0.283. The van der Waals surface area contributed by atoms with Gasteiger partial charge in [0.15, 0.2) is 6.61 Å². The van der Waals surface area contributed by atoms with E-state index in [0.717, 1.165) is 5.56 Å². The average molecular weight is 498 g/mol. The van der Waals surface area contributed by atoms with E-state index in [1.165, 1.54) is 22.5 Å². The van der Waals surface area contributed by atoms with Gasteiger partial charge in [0, 0.05) is 6.92 Å². The van der Waals surface area contributed by atoms with E-state index in [-0.39, 0.29) is 34.5 Å². The molecule has 4 rings (SSSR count). The predicted octanol–water partition coefficient (Wildman–Crippen LogP) is 4.78. The standard InChI is InChI=1S/C24H20ClN3O5S/c1-17-26-27-23(33-17)16-32-24(29)19-12-13-21(25)22(14-19)34(30,31)28(20-10-6-3-7-11-20)15-18-8-4-2-5-9-18/h2-14H,15-16H2,1H3. The van der Waals surface area contributed by atoms with E-state index in [1.54, 1.807) is 37.3 Å². The van der Waals surface area contributed by atoms with Crippen LogP contribution in [0.5, 0.6) is 0 Å². The first-order valence-electron chi connectivity index (χ1n) is 10.2. The first-order valence-corrected chi connectivity index (χ1v) is 12.0. The Balaban J connectivity index is 1.66. The number of hydrogen-bond acceptors (Lipinski definition) is 7. The lowest BCUT2D eigenvalue weighted by molar-refractivity contribution is 0.0436. The van der Waals surface area contributed by atoms with Gasteiger partial charge >= 0.3 is 5.97 Å². The number of sulfonamides is 1. The minimum absolute atomic E-state index is 0.0157. The van der Waals surface area contributed by atoms with Gasteiger partial charge in [0.05, 0.1) is 22.8 Å². The summed E-state index contributed by atoms with van der Waals surface area (Å²) in [5, 5.41) is 7.41. The number of ether oxygens (including phenoxy) is 1. The summed E-state index contributed by atoms with van der Waals surface area (Å²) in [7, 11) is -4.15. The van der Waals surface area contributed by atoms with Crippen LogP contribution in [0, 0.1) is 6.92 Å². The molecule has 0 saturated heterocycles. The van der Waals surface area contributed by atoms with E-state index in [2.05, 4.69) is 10.2 Å². The molecule has 0 aliphatic heterocycles. The van der Waals surface area contributed by atoms with Gasteiger partial charge in [-0.15, -0.1) is 10.2 Å². The lowest BCUT2D eigenvalue weighted by Gasteiger charge is -2.25. The molecule has 10 heteroatoms. The molecule has 0 amide bonds. The van der Waals surface area contributed by atoms with Crippen LogP contribution < -0.4 is 4.31 Å². The van der Waals surface area contributed by atoms with Gasteiger partial charge in [0.2, 0.25) is 5.89 Å². The summed E-state index contributed by atoms with van der Waals surface area (Å²) >= 11 is 6.30. The number of hydrogen-bond donors (Lipinski definition) is 0. The summed E-state index contributed by atoms with van der Waals surface area (Å²) in [6, 6.07) is 21.8. The number of halogens is 1. The average Bonchev–Trinajstić information content (AvgIpc) is 3.27. The van der Waals surface area contributed by atoms with Gasteiger partial charge in [-0.05, 0) is 35.9 Å². The van der Waals surface area contributed by atoms with Crippen molar-refractivity contribution < 1.29 is 22.4 Å². The zero-order valence-electron chi connectivity index (χ0n) is 18.1. The summed E-state index contributed by atoms with van der Waals surface area (Å²) < 4.78 is 39.2. The molecule has 0 bridgehead atoms. The molecule has 0 unspecified atom stereocenters. The zero-order valence-corrected chi connectivity index (χ0v) is 19.7. The number of aryl methyl sites for hydroxylation is 1. The minimum Gasteiger partial charge on any atom is -0.452 e. The third-order valence-electron chi connectivity index (χ3n) is 4.84. The van der Waals surface area contributed by atoms with Crippen LogP contribution in [0.25, 0.3) is 0 Å². The monoisotopic (exact) mass is 497 g/mol. The van der Waals surface area contributed by atoms with Crippen molar-refractivity contribution in [2.75, 3.05) is 4.31 Å². The van der Waals surface area contributed by atoms with Crippen LogP contribution in [0.4, 0.5) is 5.69 Å². The molecule has 174 valence electrons. The second-order valence-electron chi connectivity index (χ2n) is 7.27. The van der Waals surface area contributed by atoms with E-state index >= 15 is 0 Å². The van der Waals surface area contributed by atoms with Crippen molar-refractivity contribution in [1.29, 1.82) is 0 Å². The number of benzene rings is 3. The van der Waals surface area contributed by atoms with E-state index < -0.39 is 16.0 Å². The first-order chi connectivity index (χ1) is 16.3. The van der Waals surface area contributed by atoms with Gasteiger partial charge < -0.3 is 9.15 Å². The van der Waals surface area contributed by atoms with Gasteiger partial charge in [-0.1, -0.05) is 60.1 Å². The second kappa shape index (κ2) is 10.1.